The van der Waals surface area contributed by atoms with Crippen molar-refractivity contribution in [3.8, 4) is 0 Å². The Morgan fingerprint density at radius 2 is 1.85 bits per heavy atom. The van der Waals surface area contributed by atoms with Crippen molar-refractivity contribution in [1.29, 1.82) is 0 Å². The normalized spacial score (nSPS) is 10.1. The predicted octanol–water partition coefficient (Wildman–Crippen LogP) is 3.59. The van der Waals surface area contributed by atoms with Gasteiger partial charge < -0.3 is 5.32 Å². The summed E-state index contributed by atoms with van der Waals surface area (Å²) in [5.74, 6) is -1.50. The summed E-state index contributed by atoms with van der Waals surface area (Å²) in [6, 6.07) is 10.0. The first kappa shape index (κ1) is 14.4. The second kappa shape index (κ2) is 5.95. The average Bonchev–Trinajstić information content (AvgIpc) is 2.41. The average molecular weight is 386 g/mol. The number of benzene rings is 2. The van der Waals surface area contributed by atoms with Gasteiger partial charge in [-0.1, -0.05) is 0 Å². The Balaban J connectivity index is 2.23. The fraction of sp³-hybridized carbons (Fsp3) is 0. The van der Waals surface area contributed by atoms with E-state index in [1.165, 1.54) is 6.07 Å². The standard InChI is InChI=1S/C13H8FIN2O3/c14-11-6-1-8(7-12(11)17(19)20)13(18)16-10-4-2-9(15)3-5-10/h1-7H,(H,16,18). The molecule has 0 aliphatic rings. The Kier molecular flexibility index (Phi) is 4.28. The molecule has 2 aromatic rings. The van der Waals surface area contributed by atoms with Crippen molar-refractivity contribution in [2.24, 2.45) is 0 Å². The third kappa shape index (κ3) is 3.29. The lowest BCUT2D eigenvalue weighted by atomic mass is 10.1. The van der Waals surface area contributed by atoms with Gasteiger partial charge >= 0.3 is 5.69 Å². The molecule has 0 spiro atoms. The van der Waals surface area contributed by atoms with Gasteiger partial charge in [0.1, 0.15) is 0 Å². The van der Waals surface area contributed by atoms with Crippen LogP contribution in [-0.4, -0.2) is 10.8 Å². The van der Waals surface area contributed by atoms with E-state index in [9.17, 15) is 19.3 Å². The van der Waals surface area contributed by atoms with E-state index in [2.05, 4.69) is 27.9 Å². The Hall–Kier alpha value is -2.03. The number of amides is 1. The second-order valence-electron chi connectivity index (χ2n) is 3.88. The van der Waals surface area contributed by atoms with E-state index in [0.717, 1.165) is 15.7 Å². The van der Waals surface area contributed by atoms with Gasteiger partial charge in [-0.2, -0.15) is 4.39 Å². The minimum Gasteiger partial charge on any atom is -0.322 e. The molecular formula is C13H8FIN2O3. The number of nitrogens with one attached hydrogen (secondary N) is 1. The molecule has 1 amide bonds. The van der Waals surface area contributed by atoms with Crippen LogP contribution in [0.15, 0.2) is 42.5 Å². The monoisotopic (exact) mass is 386 g/mol. The summed E-state index contributed by atoms with van der Waals surface area (Å²) in [5, 5.41) is 13.2. The van der Waals surface area contributed by atoms with Gasteiger partial charge in [-0.05, 0) is 59.0 Å². The van der Waals surface area contributed by atoms with Crippen LogP contribution in [0.25, 0.3) is 0 Å². The maximum absolute atomic E-state index is 13.2. The molecule has 20 heavy (non-hydrogen) atoms. The van der Waals surface area contributed by atoms with Crippen LogP contribution in [-0.2, 0) is 0 Å². The highest BCUT2D eigenvalue weighted by Gasteiger charge is 2.17. The fourth-order valence-corrected chi connectivity index (χ4v) is 1.89. The first-order valence-electron chi connectivity index (χ1n) is 5.48. The van der Waals surface area contributed by atoms with Gasteiger partial charge in [-0.15, -0.1) is 0 Å². The molecule has 0 heterocycles. The maximum Gasteiger partial charge on any atom is 0.305 e. The molecule has 0 saturated carbocycles. The molecule has 102 valence electrons. The minimum absolute atomic E-state index is 0.0247. The number of carbonyl (C=O) groups is 1. The van der Waals surface area contributed by atoms with Gasteiger partial charge in [-0.3, -0.25) is 14.9 Å². The highest BCUT2D eigenvalue weighted by Crippen LogP contribution is 2.19. The smallest absolute Gasteiger partial charge is 0.305 e. The van der Waals surface area contributed by atoms with Gasteiger partial charge in [0.25, 0.3) is 5.91 Å². The molecule has 2 aromatic carbocycles. The number of halogens is 2. The zero-order valence-electron chi connectivity index (χ0n) is 9.97. The summed E-state index contributed by atoms with van der Waals surface area (Å²) in [7, 11) is 0. The number of hydrogen-bond acceptors (Lipinski definition) is 3. The summed E-state index contributed by atoms with van der Waals surface area (Å²) >= 11 is 2.13. The summed E-state index contributed by atoms with van der Waals surface area (Å²) in [5.41, 5.74) is -0.140. The molecule has 0 aromatic heterocycles. The first-order valence-corrected chi connectivity index (χ1v) is 6.56. The highest BCUT2D eigenvalue weighted by atomic mass is 127. The van der Waals surface area contributed by atoms with E-state index in [1.807, 2.05) is 12.1 Å². The Morgan fingerprint density at radius 1 is 1.20 bits per heavy atom. The number of nitro benzene ring substituents is 1. The second-order valence-corrected chi connectivity index (χ2v) is 5.13. The Morgan fingerprint density at radius 3 is 2.45 bits per heavy atom. The lowest BCUT2D eigenvalue weighted by Crippen LogP contribution is -2.12. The van der Waals surface area contributed by atoms with E-state index >= 15 is 0 Å². The van der Waals surface area contributed by atoms with Crippen LogP contribution < -0.4 is 5.32 Å². The molecule has 7 heteroatoms. The predicted molar refractivity (Wildman–Crippen MR) is 80.2 cm³/mol. The van der Waals surface area contributed by atoms with Gasteiger partial charge in [0.15, 0.2) is 0 Å². The molecule has 0 bridgehead atoms. The van der Waals surface area contributed by atoms with Crippen molar-refractivity contribution < 1.29 is 14.1 Å². The van der Waals surface area contributed by atoms with E-state index in [1.54, 1.807) is 12.1 Å². The van der Waals surface area contributed by atoms with E-state index in [4.69, 9.17) is 0 Å². The number of carbonyl (C=O) groups excluding carboxylic acids is 1. The van der Waals surface area contributed by atoms with Crippen molar-refractivity contribution >= 4 is 39.9 Å². The van der Waals surface area contributed by atoms with Crippen LogP contribution in [0.1, 0.15) is 10.4 Å². The van der Waals surface area contributed by atoms with Crippen LogP contribution in [0.3, 0.4) is 0 Å². The van der Waals surface area contributed by atoms with Crippen molar-refractivity contribution in [2.75, 3.05) is 5.32 Å². The van der Waals surface area contributed by atoms with Crippen molar-refractivity contribution in [3.63, 3.8) is 0 Å². The molecular weight excluding hydrogens is 378 g/mol. The molecule has 0 unspecified atom stereocenters. The van der Waals surface area contributed by atoms with E-state index in [-0.39, 0.29) is 5.56 Å². The maximum atomic E-state index is 13.2. The van der Waals surface area contributed by atoms with Crippen molar-refractivity contribution in [2.45, 2.75) is 0 Å². The van der Waals surface area contributed by atoms with Crippen molar-refractivity contribution in [3.05, 3.63) is 67.5 Å². The molecule has 0 aliphatic carbocycles. The van der Waals surface area contributed by atoms with E-state index in [0.29, 0.717) is 5.69 Å². The summed E-state index contributed by atoms with van der Waals surface area (Å²) in [4.78, 5) is 21.7. The van der Waals surface area contributed by atoms with Crippen LogP contribution in [0, 0.1) is 19.5 Å². The zero-order chi connectivity index (χ0) is 14.7. The fourth-order valence-electron chi connectivity index (χ4n) is 1.53. The van der Waals surface area contributed by atoms with Gasteiger partial charge in [0.2, 0.25) is 5.82 Å². The van der Waals surface area contributed by atoms with E-state index < -0.39 is 22.3 Å². The SMILES string of the molecule is O=C(Nc1ccc(I)cc1)c1ccc(F)c([N+](=O)[O-])c1. The molecule has 1 N–H and O–H groups in total. The number of anilines is 1. The minimum atomic E-state index is -0.971. The molecule has 0 fully saturated rings. The number of nitrogens with zero attached hydrogens (tertiary/aromatic N) is 1. The molecule has 2 rings (SSSR count). The van der Waals surface area contributed by atoms with Crippen LogP contribution in [0.4, 0.5) is 15.8 Å². The lowest BCUT2D eigenvalue weighted by molar-refractivity contribution is -0.387. The van der Waals surface area contributed by atoms with Gasteiger partial charge in [0, 0.05) is 20.9 Å². The molecule has 0 atom stereocenters. The quantitative estimate of drug-likeness (QED) is 0.498. The summed E-state index contributed by atoms with van der Waals surface area (Å²) in [6.45, 7) is 0. The molecule has 0 saturated heterocycles. The summed E-state index contributed by atoms with van der Waals surface area (Å²) in [6.07, 6.45) is 0. The highest BCUT2D eigenvalue weighted by molar-refractivity contribution is 14.1. The lowest BCUT2D eigenvalue weighted by Gasteiger charge is -2.05. The van der Waals surface area contributed by atoms with Crippen LogP contribution >= 0.6 is 22.6 Å². The summed E-state index contributed by atoms with van der Waals surface area (Å²) < 4.78 is 14.2. The third-order valence-electron chi connectivity index (χ3n) is 2.51. The third-order valence-corrected chi connectivity index (χ3v) is 3.23. The largest absolute Gasteiger partial charge is 0.322 e. The molecule has 0 radical (unpaired) electrons. The Labute approximate surface area is 127 Å². The number of rotatable bonds is 3. The van der Waals surface area contributed by atoms with Crippen LogP contribution in [0.2, 0.25) is 0 Å². The number of nitro groups is 1. The molecule has 5 nitrogen and oxygen atoms in total. The first-order chi connectivity index (χ1) is 9.47. The van der Waals surface area contributed by atoms with Gasteiger partial charge in [-0.25, -0.2) is 0 Å². The zero-order valence-corrected chi connectivity index (χ0v) is 12.1. The number of hydrogen-bond donors (Lipinski definition) is 1. The topological polar surface area (TPSA) is 72.2 Å². The van der Waals surface area contributed by atoms with Crippen molar-refractivity contribution in [1.82, 2.24) is 0 Å². The Bertz CT molecular complexity index is 674. The van der Waals surface area contributed by atoms with Crippen LogP contribution in [0.5, 0.6) is 0 Å². The van der Waals surface area contributed by atoms with Gasteiger partial charge in [0.05, 0.1) is 4.92 Å². The molecule has 0 aliphatic heterocycles.